The van der Waals surface area contributed by atoms with Crippen molar-refractivity contribution in [2.24, 2.45) is 11.8 Å². The van der Waals surface area contributed by atoms with Crippen LogP contribution in [0.4, 0.5) is 0 Å². The van der Waals surface area contributed by atoms with Crippen LogP contribution >= 0.6 is 0 Å². The van der Waals surface area contributed by atoms with E-state index >= 15 is 0 Å². The van der Waals surface area contributed by atoms with E-state index in [1.165, 1.54) is 173 Å². The highest BCUT2D eigenvalue weighted by molar-refractivity contribution is 5.71. The summed E-state index contributed by atoms with van der Waals surface area (Å²) < 4.78 is 16.7. The SMILES string of the molecule is CCCCCCCCCC(=O)OC[C@H](COC(=O)CCCCCCCCCCCCCCC(C)C)OC(=O)CCCCCCCCCCCCCCCCCC(C)C. The molecule has 0 N–H and O–H groups in total. The second kappa shape index (κ2) is 44.9. The summed E-state index contributed by atoms with van der Waals surface area (Å²) in [5, 5.41) is 0. The van der Waals surface area contributed by atoms with E-state index in [1.807, 2.05) is 0 Å². The first-order valence-corrected chi connectivity index (χ1v) is 25.7. The third-order valence-corrected chi connectivity index (χ3v) is 11.7. The van der Waals surface area contributed by atoms with Crippen molar-refractivity contribution in [3.8, 4) is 0 Å². The molecule has 0 aliphatic carbocycles. The molecular weight excluding hydrogens is 721 g/mol. The average Bonchev–Trinajstić information content (AvgIpc) is 3.19. The van der Waals surface area contributed by atoms with Gasteiger partial charge in [0.05, 0.1) is 0 Å². The highest BCUT2D eigenvalue weighted by Crippen LogP contribution is 2.17. The van der Waals surface area contributed by atoms with E-state index in [0.29, 0.717) is 19.3 Å². The van der Waals surface area contributed by atoms with Gasteiger partial charge in [-0.05, 0) is 31.1 Å². The zero-order chi connectivity index (χ0) is 42.6. The van der Waals surface area contributed by atoms with E-state index < -0.39 is 6.10 Å². The lowest BCUT2D eigenvalue weighted by atomic mass is 10.0. The molecule has 0 fully saturated rings. The summed E-state index contributed by atoms with van der Waals surface area (Å²) in [6, 6.07) is 0. The molecule has 0 bridgehead atoms. The Morgan fingerprint density at radius 3 is 0.845 bits per heavy atom. The number of ether oxygens (including phenoxy) is 3. The number of carbonyl (C=O) groups excluding carboxylic acids is 3. The lowest BCUT2D eigenvalue weighted by Gasteiger charge is -2.18. The lowest BCUT2D eigenvalue weighted by molar-refractivity contribution is -0.167. The number of carbonyl (C=O) groups is 3. The van der Waals surface area contributed by atoms with Crippen LogP contribution in [0, 0.1) is 11.8 Å². The van der Waals surface area contributed by atoms with Crippen LogP contribution < -0.4 is 0 Å². The summed E-state index contributed by atoms with van der Waals surface area (Å²) in [6.07, 6.45) is 45.3. The second-order valence-corrected chi connectivity index (χ2v) is 18.8. The number of unbranched alkanes of at least 4 members (excludes halogenated alkanes) is 31. The third-order valence-electron chi connectivity index (χ3n) is 11.7. The van der Waals surface area contributed by atoms with Crippen LogP contribution in [0.25, 0.3) is 0 Å². The molecule has 0 heterocycles. The minimum absolute atomic E-state index is 0.0640. The van der Waals surface area contributed by atoms with Crippen LogP contribution in [-0.4, -0.2) is 37.2 Å². The first-order chi connectivity index (χ1) is 28.2. The third kappa shape index (κ3) is 45.5. The maximum atomic E-state index is 12.8. The molecule has 0 radical (unpaired) electrons. The molecule has 58 heavy (non-hydrogen) atoms. The van der Waals surface area contributed by atoms with Gasteiger partial charge in [0.2, 0.25) is 0 Å². The maximum absolute atomic E-state index is 12.8. The standard InChI is InChI=1S/C52H100O6/c1-6-7-8-9-25-32-37-42-50(53)56-45-49(46-57-51(54)43-38-33-28-23-19-16-15-18-22-27-31-36-41-48(4)5)58-52(55)44-39-34-29-24-20-14-12-10-11-13-17-21-26-30-35-40-47(2)3/h47-49H,6-46H2,1-5H3/t49-/m1/s1. The molecule has 0 aromatic rings. The first-order valence-electron chi connectivity index (χ1n) is 25.7. The van der Waals surface area contributed by atoms with E-state index in [9.17, 15) is 14.4 Å². The molecule has 6 heteroatoms. The van der Waals surface area contributed by atoms with Gasteiger partial charge in [0, 0.05) is 19.3 Å². The molecule has 0 rings (SSSR count). The van der Waals surface area contributed by atoms with Gasteiger partial charge in [-0.2, -0.15) is 0 Å². The van der Waals surface area contributed by atoms with Crippen LogP contribution in [0.2, 0.25) is 0 Å². The number of rotatable bonds is 46. The molecule has 0 aliphatic rings. The molecule has 0 aromatic carbocycles. The van der Waals surface area contributed by atoms with Crippen molar-refractivity contribution in [1.82, 2.24) is 0 Å². The molecule has 1 atom stereocenters. The highest BCUT2D eigenvalue weighted by Gasteiger charge is 2.19. The van der Waals surface area contributed by atoms with Gasteiger partial charge in [-0.1, -0.05) is 247 Å². The van der Waals surface area contributed by atoms with Crippen molar-refractivity contribution in [3.63, 3.8) is 0 Å². The van der Waals surface area contributed by atoms with E-state index in [4.69, 9.17) is 14.2 Å². The van der Waals surface area contributed by atoms with E-state index in [-0.39, 0.29) is 31.1 Å². The monoisotopic (exact) mass is 821 g/mol. The Balaban J connectivity index is 4.20. The van der Waals surface area contributed by atoms with Crippen molar-refractivity contribution in [2.75, 3.05) is 13.2 Å². The number of hydrogen-bond acceptors (Lipinski definition) is 6. The molecule has 0 amide bonds. The van der Waals surface area contributed by atoms with Gasteiger partial charge in [-0.3, -0.25) is 14.4 Å². The topological polar surface area (TPSA) is 78.9 Å². The molecule has 0 saturated carbocycles. The molecule has 0 saturated heterocycles. The highest BCUT2D eigenvalue weighted by atomic mass is 16.6. The Labute approximate surface area is 361 Å². The summed E-state index contributed by atoms with van der Waals surface area (Å²) >= 11 is 0. The van der Waals surface area contributed by atoms with Crippen LogP contribution in [0.3, 0.4) is 0 Å². The number of hydrogen-bond donors (Lipinski definition) is 0. The second-order valence-electron chi connectivity index (χ2n) is 18.8. The fourth-order valence-electron chi connectivity index (χ4n) is 7.81. The largest absolute Gasteiger partial charge is 0.462 e. The molecule has 0 aliphatic heterocycles. The van der Waals surface area contributed by atoms with Gasteiger partial charge in [0.1, 0.15) is 13.2 Å². The maximum Gasteiger partial charge on any atom is 0.306 e. The summed E-state index contributed by atoms with van der Waals surface area (Å²) in [5.41, 5.74) is 0. The van der Waals surface area contributed by atoms with Gasteiger partial charge in [-0.15, -0.1) is 0 Å². The van der Waals surface area contributed by atoms with Crippen molar-refractivity contribution < 1.29 is 28.6 Å². The smallest absolute Gasteiger partial charge is 0.306 e. The molecule has 0 spiro atoms. The van der Waals surface area contributed by atoms with Gasteiger partial charge in [0.25, 0.3) is 0 Å². The summed E-state index contributed by atoms with van der Waals surface area (Å²) in [4.78, 5) is 37.8. The molecular formula is C52H100O6. The normalized spacial score (nSPS) is 12.1. The summed E-state index contributed by atoms with van der Waals surface area (Å²) in [6.45, 7) is 11.3. The van der Waals surface area contributed by atoms with Crippen LogP contribution in [0.15, 0.2) is 0 Å². The molecule has 0 aromatic heterocycles. The minimum atomic E-state index is -0.760. The van der Waals surface area contributed by atoms with Gasteiger partial charge in [-0.25, -0.2) is 0 Å². The average molecular weight is 821 g/mol. The Hall–Kier alpha value is -1.59. The summed E-state index contributed by atoms with van der Waals surface area (Å²) in [7, 11) is 0. The van der Waals surface area contributed by atoms with Crippen molar-refractivity contribution in [1.29, 1.82) is 0 Å². The first kappa shape index (κ1) is 56.4. The Morgan fingerprint density at radius 1 is 0.328 bits per heavy atom. The Kier molecular flexibility index (Phi) is 43.7. The van der Waals surface area contributed by atoms with Crippen LogP contribution in [-0.2, 0) is 28.6 Å². The molecule has 6 nitrogen and oxygen atoms in total. The van der Waals surface area contributed by atoms with Gasteiger partial charge < -0.3 is 14.2 Å². The molecule has 344 valence electrons. The molecule has 0 unspecified atom stereocenters. The zero-order valence-corrected chi connectivity index (χ0v) is 39.7. The Bertz CT molecular complexity index is 885. The predicted molar refractivity (Wildman–Crippen MR) is 247 cm³/mol. The predicted octanol–water partition coefficient (Wildman–Crippen LogP) is 16.5. The quantitative estimate of drug-likeness (QED) is 0.0346. The van der Waals surface area contributed by atoms with Gasteiger partial charge in [0.15, 0.2) is 6.10 Å². The fraction of sp³-hybridized carbons (Fsp3) is 0.942. The van der Waals surface area contributed by atoms with E-state index in [2.05, 4.69) is 34.6 Å². The van der Waals surface area contributed by atoms with E-state index in [0.717, 1.165) is 69.6 Å². The number of esters is 3. The van der Waals surface area contributed by atoms with Crippen LogP contribution in [0.1, 0.15) is 285 Å². The van der Waals surface area contributed by atoms with Gasteiger partial charge >= 0.3 is 17.9 Å². The zero-order valence-electron chi connectivity index (χ0n) is 39.7. The van der Waals surface area contributed by atoms with Crippen molar-refractivity contribution >= 4 is 17.9 Å². The minimum Gasteiger partial charge on any atom is -0.462 e. The summed E-state index contributed by atoms with van der Waals surface area (Å²) in [5.74, 6) is 0.827. The van der Waals surface area contributed by atoms with Crippen molar-refractivity contribution in [2.45, 2.75) is 291 Å². The van der Waals surface area contributed by atoms with E-state index in [1.54, 1.807) is 0 Å². The fourth-order valence-corrected chi connectivity index (χ4v) is 7.81. The van der Waals surface area contributed by atoms with Crippen LogP contribution in [0.5, 0.6) is 0 Å². The Morgan fingerprint density at radius 2 is 0.569 bits per heavy atom. The van der Waals surface area contributed by atoms with Crippen molar-refractivity contribution in [3.05, 3.63) is 0 Å². The lowest BCUT2D eigenvalue weighted by Crippen LogP contribution is -2.30.